The Hall–Kier alpha value is -2.49. The fourth-order valence-electron chi connectivity index (χ4n) is 1.30. The van der Waals surface area contributed by atoms with Crippen molar-refractivity contribution in [1.29, 1.82) is 0 Å². The maximum atomic E-state index is 4.55. The number of allylic oxidation sites excluding steroid dienone is 3. The molecule has 0 unspecified atom stereocenters. The number of fused-ring (bicyclic) bond motifs is 1. The van der Waals surface area contributed by atoms with Crippen LogP contribution in [0.3, 0.4) is 0 Å². The highest BCUT2D eigenvalue weighted by atomic mass is 16.6. The van der Waals surface area contributed by atoms with E-state index in [2.05, 4.69) is 20.8 Å². The first-order valence-electron chi connectivity index (χ1n) is 5.24. The fourth-order valence-corrected chi connectivity index (χ4v) is 1.30. The molecule has 0 spiro atoms. The van der Waals surface area contributed by atoms with Gasteiger partial charge in [-0.2, -0.15) is 5.10 Å². The van der Waals surface area contributed by atoms with Crippen molar-refractivity contribution in [2.75, 3.05) is 5.43 Å². The summed E-state index contributed by atoms with van der Waals surface area (Å²) in [5.41, 5.74) is 7.67. The van der Waals surface area contributed by atoms with Gasteiger partial charge in [0.25, 0.3) is 0 Å². The van der Waals surface area contributed by atoms with Crippen LogP contribution >= 0.6 is 0 Å². The van der Waals surface area contributed by atoms with E-state index in [0.29, 0.717) is 0 Å². The van der Waals surface area contributed by atoms with Gasteiger partial charge in [-0.15, -0.1) is 0 Å². The van der Waals surface area contributed by atoms with Crippen molar-refractivity contribution in [1.82, 2.24) is 5.48 Å². The quantitative estimate of drug-likeness (QED) is 0.716. The summed E-state index contributed by atoms with van der Waals surface area (Å²) in [7, 11) is 0. The Morgan fingerprint density at radius 3 is 2.71 bits per heavy atom. The molecule has 0 saturated heterocycles. The molecule has 0 saturated carbocycles. The molecule has 17 heavy (non-hydrogen) atoms. The second-order valence-corrected chi connectivity index (χ2v) is 3.26. The first-order chi connectivity index (χ1) is 8.47. The molecule has 2 aliphatic rings. The summed E-state index contributed by atoms with van der Waals surface area (Å²) in [5.74, 6) is 0. The first-order valence-corrected chi connectivity index (χ1v) is 5.24. The Balaban J connectivity index is 0.000000153. The normalized spacial score (nSPS) is 14.4. The number of anilines is 1. The molecule has 4 heteroatoms. The molecule has 1 aromatic carbocycles. The van der Waals surface area contributed by atoms with Gasteiger partial charge in [0.2, 0.25) is 0 Å². The standard InChI is InChI=1S/C9H8N2.C4H5NO/c1-2-6-9-8(4-1)5-3-7-10-11-9;1-2-4-6-5-3-1/h1-7,11H;1-5H. The van der Waals surface area contributed by atoms with Crippen LogP contribution in [-0.4, -0.2) is 6.21 Å². The minimum atomic E-state index is 1.05. The van der Waals surface area contributed by atoms with E-state index >= 15 is 0 Å². The molecule has 2 heterocycles. The largest absolute Gasteiger partial charge is 0.391 e. The zero-order chi connectivity index (χ0) is 11.8. The Morgan fingerprint density at radius 1 is 1.06 bits per heavy atom. The SMILES string of the molecule is C1=CNOC=C1.C1=Cc2ccccc2NN=C1. The van der Waals surface area contributed by atoms with Gasteiger partial charge in [0.15, 0.2) is 0 Å². The number of nitrogens with zero attached hydrogens (tertiary/aromatic N) is 1. The molecular weight excluding hydrogens is 214 g/mol. The number of benzene rings is 1. The average molecular weight is 227 g/mol. The summed E-state index contributed by atoms with van der Waals surface area (Å²) in [4.78, 5) is 4.55. The number of hydroxylamine groups is 1. The van der Waals surface area contributed by atoms with Crippen molar-refractivity contribution in [2.45, 2.75) is 0 Å². The molecule has 3 rings (SSSR count). The summed E-state index contributed by atoms with van der Waals surface area (Å²) in [6, 6.07) is 8.05. The maximum absolute atomic E-state index is 4.55. The third kappa shape index (κ3) is 3.53. The van der Waals surface area contributed by atoms with Crippen molar-refractivity contribution in [2.24, 2.45) is 5.10 Å². The van der Waals surface area contributed by atoms with Crippen molar-refractivity contribution in [3.05, 3.63) is 60.5 Å². The van der Waals surface area contributed by atoms with Gasteiger partial charge in [-0.3, -0.25) is 5.43 Å². The smallest absolute Gasteiger partial charge is 0.119 e. The Kier molecular flexibility index (Phi) is 4.00. The summed E-state index contributed by atoms with van der Waals surface area (Å²) < 4.78 is 0. The van der Waals surface area contributed by atoms with Gasteiger partial charge in [0.1, 0.15) is 6.26 Å². The minimum Gasteiger partial charge on any atom is -0.391 e. The highest BCUT2D eigenvalue weighted by molar-refractivity contribution is 5.83. The van der Waals surface area contributed by atoms with Crippen LogP contribution < -0.4 is 10.9 Å². The van der Waals surface area contributed by atoms with E-state index in [1.165, 1.54) is 5.56 Å². The maximum Gasteiger partial charge on any atom is 0.119 e. The van der Waals surface area contributed by atoms with E-state index in [-0.39, 0.29) is 0 Å². The van der Waals surface area contributed by atoms with Crippen LogP contribution in [-0.2, 0) is 4.84 Å². The number of hydrogen-bond donors (Lipinski definition) is 2. The van der Waals surface area contributed by atoms with Crippen LogP contribution in [0.4, 0.5) is 5.69 Å². The topological polar surface area (TPSA) is 45.6 Å². The molecule has 0 amide bonds. The van der Waals surface area contributed by atoms with E-state index in [1.54, 1.807) is 24.8 Å². The number of hydrazone groups is 1. The van der Waals surface area contributed by atoms with E-state index in [4.69, 9.17) is 0 Å². The molecular formula is C13H13N3O. The summed E-state index contributed by atoms with van der Waals surface area (Å²) >= 11 is 0. The molecule has 2 N–H and O–H groups in total. The zero-order valence-corrected chi connectivity index (χ0v) is 9.21. The number of hydrogen-bond acceptors (Lipinski definition) is 4. The van der Waals surface area contributed by atoms with Gasteiger partial charge in [-0.05, 0) is 29.9 Å². The minimum absolute atomic E-state index is 1.05. The second kappa shape index (κ2) is 6.17. The van der Waals surface area contributed by atoms with Gasteiger partial charge in [0.05, 0.1) is 5.69 Å². The van der Waals surface area contributed by atoms with Crippen molar-refractivity contribution < 1.29 is 4.84 Å². The van der Waals surface area contributed by atoms with E-state index in [1.807, 2.05) is 42.5 Å². The molecule has 1 aromatic rings. The summed E-state index contributed by atoms with van der Waals surface area (Å²) in [5, 5.41) is 3.95. The van der Waals surface area contributed by atoms with Gasteiger partial charge < -0.3 is 4.84 Å². The molecule has 0 fully saturated rings. The summed E-state index contributed by atoms with van der Waals surface area (Å²) in [6.07, 6.45) is 12.6. The Bertz CT molecular complexity index is 463. The summed E-state index contributed by atoms with van der Waals surface area (Å²) in [6.45, 7) is 0. The molecule has 86 valence electrons. The van der Waals surface area contributed by atoms with Crippen LogP contribution in [0.25, 0.3) is 6.08 Å². The molecule has 0 radical (unpaired) electrons. The molecule has 2 aliphatic heterocycles. The highest BCUT2D eigenvalue weighted by Gasteiger charge is 1.96. The van der Waals surface area contributed by atoms with Crippen LogP contribution in [0.2, 0.25) is 0 Å². The molecule has 4 nitrogen and oxygen atoms in total. The van der Waals surface area contributed by atoms with Gasteiger partial charge in [-0.1, -0.05) is 24.3 Å². The molecule has 0 aromatic heterocycles. The lowest BCUT2D eigenvalue weighted by molar-refractivity contribution is 0.172. The molecule has 0 bridgehead atoms. The number of nitrogens with one attached hydrogen (secondary N) is 2. The van der Waals surface area contributed by atoms with Crippen LogP contribution in [0.15, 0.2) is 60.1 Å². The third-order valence-corrected chi connectivity index (χ3v) is 2.07. The third-order valence-electron chi connectivity index (χ3n) is 2.07. The zero-order valence-electron chi connectivity index (χ0n) is 9.21. The van der Waals surface area contributed by atoms with Crippen molar-refractivity contribution in [3.63, 3.8) is 0 Å². The number of para-hydroxylation sites is 1. The van der Waals surface area contributed by atoms with Crippen molar-refractivity contribution >= 4 is 18.0 Å². The number of rotatable bonds is 0. The average Bonchev–Trinajstić information content (AvgIpc) is 2.66. The predicted octanol–water partition coefficient (Wildman–Crippen LogP) is 2.66. The Morgan fingerprint density at radius 2 is 2.00 bits per heavy atom. The van der Waals surface area contributed by atoms with Crippen LogP contribution in [0, 0.1) is 0 Å². The predicted molar refractivity (Wildman–Crippen MR) is 70.1 cm³/mol. The molecule has 0 aliphatic carbocycles. The van der Waals surface area contributed by atoms with Gasteiger partial charge in [-0.25, -0.2) is 5.48 Å². The van der Waals surface area contributed by atoms with E-state index < -0.39 is 0 Å². The van der Waals surface area contributed by atoms with Crippen molar-refractivity contribution in [3.8, 4) is 0 Å². The fraction of sp³-hybridized carbons (Fsp3) is 0. The van der Waals surface area contributed by atoms with E-state index in [9.17, 15) is 0 Å². The lowest BCUT2D eigenvalue weighted by Gasteiger charge is -2.00. The lowest BCUT2D eigenvalue weighted by atomic mass is 10.2. The Labute approximate surface area is 99.9 Å². The monoisotopic (exact) mass is 227 g/mol. The first kappa shape index (κ1) is 11.0. The van der Waals surface area contributed by atoms with Crippen LogP contribution in [0.1, 0.15) is 5.56 Å². The lowest BCUT2D eigenvalue weighted by Crippen LogP contribution is -2.01. The van der Waals surface area contributed by atoms with E-state index in [0.717, 1.165) is 5.69 Å². The van der Waals surface area contributed by atoms with Crippen LogP contribution in [0.5, 0.6) is 0 Å². The van der Waals surface area contributed by atoms with Gasteiger partial charge >= 0.3 is 0 Å². The second-order valence-electron chi connectivity index (χ2n) is 3.26. The highest BCUT2D eigenvalue weighted by Crippen LogP contribution is 2.17. The van der Waals surface area contributed by atoms with Gasteiger partial charge in [0, 0.05) is 12.4 Å². The molecule has 0 atom stereocenters.